The summed E-state index contributed by atoms with van der Waals surface area (Å²) in [5, 5.41) is 4.94. The van der Waals surface area contributed by atoms with Gasteiger partial charge in [-0.15, -0.1) is 0 Å². The van der Waals surface area contributed by atoms with E-state index in [9.17, 15) is 4.79 Å². The number of hydrogen-bond donors (Lipinski definition) is 2. The molecule has 2 heterocycles. The van der Waals surface area contributed by atoms with Gasteiger partial charge in [0.25, 0.3) is 5.91 Å². The Morgan fingerprint density at radius 1 is 1.00 bits per heavy atom. The van der Waals surface area contributed by atoms with Crippen LogP contribution in [0.5, 0.6) is 0 Å². The number of rotatable bonds is 3. The average Bonchev–Trinajstić information content (AvgIpc) is 3.15. The summed E-state index contributed by atoms with van der Waals surface area (Å²) in [4.78, 5) is 15.5. The number of furan rings is 1. The van der Waals surface area contributed by atoms with Crippen LogP contribution in [0, 0.1) is 0 Å². The van der Waals surface area contributed by atoms with Gasteiger partial charge in [-0.1, -0.05) is 36.4 Å². The van der Waals surface area contributed by atoms with E-state index in [2.05, 4.69) is 10.3 Å². The largest absolute Gasteiger partial charge is 0.451 e. The molecule has 4 aromatic rings. The molecule has 0 radical (unpaired) electrons. The van der Waals surface area contributed by atoms with Crippen LogP contribution in [0.25, 0.3) is 21.9 Å². The number of hydrogen-bond acceptors (Lipinski definition) is 2. The van der Waals surface area contributed by atoms with Crippen LogP contribution in [0.2, 0.25) is 0 Å². The van der Waals surface area contributed by atoms with Crippen molar-refractivity contribution in [2.45, 2.75) is 6.54 Å². The molecule has 0 unspecified atom stereocenters. The van der Waals surface area contributed by atoms with Gasteiger partial charge < -0.3 is 14.7 Å². The fourth-order valence-electron chi connectivity index (χ4n) is 2.59. The van der Waals surface area contributed by atoms with Crippen LogP contribution in [-0.2, 0) is 6.54 Å². The number of amides is 1. The monoisotopic (exact) mass is 290 g/mol. The van der Waals surface area contributed by atoms with Crippen LogP contribution in [0.1, 0.15) is 16.2 Å². The van der Waals surface area contributed by atoms with E-state index in [1.165, 1.54) is 0 Å². The number of para-hydroxylation sites is 2. The first-order chi connectivity index (χ1) is 10.8. The molecule has 0 aliphatic rings. The van der Waals surface area contributed by atoms with Crippen molar-refractivity contribution < 1.29 is 9.21 Å². The van der Waals surface area contributed by atoms with Gasteiger partial charge in [-0.25, -0.2) is 0 Å². The molecule has 0 spiro atoms. The lowest BCUT2D eigenvalue weighted by atomic mass is 10.2. The van der Waals surface area contributed by atoms with Gasteiger partial charge >= 0.3 is 0 Å². The van der Waals surface area contributed by atoms with E-state index in [-0.39, 0.29) is 5.91 Å². The lowest BCUT2D eigenvalue weighted by Gasteiger charge is -2.00. The molecule has 0 saturated carbocycles. The van der Waals surface area contributed by atoms with Crippen molar-refractivity contribution in [2.75, 3.05) is 0 Å². The Morgan fingerprint density at radius 3 is 2.59 bits per heavy atom. The molecule has 2 aromatic heterocycles. The average molecular weight is 290 g/mol. The fraction of sp³-hybridized carbons (Fsp3) is 0.0556. The zero-order valence-corrected chi connectivity index (χ0v) is 11.8. The summed E-state index contributed by atoms with van der Waals surface area (Å²) in [5.41, 5.74) is 2.75. The lowest BCUT2D eigenvalue weighted by Crippen LogP contribution is -2.22. The van der Waals surface area contributed by atoms with Gasteiger partial charge in [0.05, 0.1) is 6.54 Å². The van der Waals surface area contributed by atoms with Gasteiger partial charge in [0.1, 0.15) is 5.58 Å². The molecule has 0 saturated heterocycles. The van der Waals surface area contributed by atoms with E-state index >= 15 is 0 Å². The minimum absolute atomic E-state index is 0.213. The Kier molecular flexibility index (Phi) is 2.93. The summed E-state index contributed by atoms with van der Waals surface area (Å²) >= 11 is 0. The van der Waals surface area contributed by atoms with Gasteiger partial charge in [-0.05, 0) is 29.7 Å². The smallest absolute Gasteiger partial charge is 0.287 e. The normalized spacial score (nSPS) is 11.1. The van der Waals surface area contributed by atoms with Gasteiger partial charge in [0, 0.05) is 16.6 Å². The molecule has 2 N–H and O–H groups in total. The van der Waals surface area contributed by atoms with Crippen LogP contribution in [0.4, 0.5) is 0 Å². The second-order valence-electron chi connectivity index (χ2n) is 5.21. The van der Waals surface area contributed by atoms with Gasteiger partial charge in [0.2, 0.25) is 0 Å². The summed E-state index contributed by atoms with van der Waals surface area (Å²) in [7, 11) is 0. The Morgan fingerprint density at radius 2 is 1.77 bits per heavy atom. The first-order valence-electron chi connectivity index (χ1n) is 7.13. The van der Waals surface area contributed by atoms with Gasteiger partial charge in [-0.3, -0.25) is 4.79 Å². The third-order valence-corrected chi connectivity index (χ3v) is 3.67. The van der Waals surface area contributed by atoms with Crippen LogP contribution in [-0.4, -0.2) is 10.9 Å². The number of benzene rings is 2. The number of carbonyl (C=O) groups is 1. The number of fused-ring (bicyclic) bond motifs is 2. The zero-order valence-electron chi connectivity index (χ0n) is 11.8. The van der Waals surface area contributed by atoms with Gasteiger partial charge in [0.15, 0.2) is 5.76 Å². The molecule has 4 nitrogen and oxygen atoms in total. The van der Waals surface area contributed by atoms with Crippen molar-refractivity contribution in [3.8, 4) is 0 Å². The van der Waals surface area contributed by atoms with E-state index in [0.29, 0.717) is 12.3 Å². The molecule has 0 aliphatic carbocycles. The van der Waals surface area contributed by atoms with Crippen molar-refractivity contribution in [1.82, 2.24) is 10.3 Å². The van der Waals surface area contributed by atoms with Crippen molar-refractivity contribution in [3.05, 3.63) is 72.1 Å². The third kappa shape index (κ3) is 2.24. The number of carbonyl (C=O) groups excluding carboxylic acids is 1. The molecule has 0 bridgehead atoms. The van der Waals surface area contributed by atoms with E-state index in [4.69, 9.17) is 4.42 Å². The summed E-state index contributed by atoms with van der Waals surface area (Å²) < 4.78 is 5.55. The SMILES string of the molecule is O=C(NCc1cc2ccccc2[nH]1)c1cc2ccccc2o1. The highest BCUT2D eigenvalue weighted by Gasteiger charge is 2.12. The summed E-state index contributed by atoms with van der Waals surface area (Å²) in [6.07, 6.45) is 0. The van der Waals surface area contributed by atoms with Gasteiger partial charge in [-0.2, -0.15) is 0 Å². The Balaban J connectivity index is 1.51. The van der Waals surface area contributed by atoms with Crippen molar-refractivity contribution in [2.24, 2.45) is 0 Å². The summed E-state index contributed by atoms with van der Waals surface area (Å²) in [5.74, 6) is 0.118. The number of H-pyrrole nitrogens is 1. The van der Waals surface area contributed by atoms with Crippen molar-refractivity contribution >= 4 is 27.8 Å². The molecule has 4 heteroatoms. The van der Waals surface area contributed by atoms with E-state index in [1.54, 1.807) is 6.07 Å². The van der Waals surface area contributed by atoms with Crippen molar-refractivity contribution in [3.63, 3.8) is 0 Å². The second kappa shape index (κ2) is 5.07. The Hall–Kier alpha value is -3.01. The highest BCUT2D eigenvalue weighted by molar-refractivity contribution is 5.96. The second-order valence-corrected chi connectivity index (χ2v) is 5.21. The molecule has 108 valence electrons. The number of aromatic nitrogens is 1. The Bertz CT molecular complexity index is 899. The minimum Gasteiger partial charge on any atom is -0.451 e. The molecule has 0 aliphatic heterocycles. The quantitative estimate of drug-likeness (QED) is 0.602. The third-order valence-electron chi connectivity index (χ3n) is 3.67. The summed E-state index contributed by atoms with van der Waals surface area (Å²) in [6.45, 7) is 0.435. The minimum atomic E-state index is -0.213. The maximum atomic E-state index is 12.2. The molecule has 0 atom stereocenters. The molecule has 4 rings (SSSR count). The topological polar surface area (TPSA) is 58.0 Å². The van der Waals surface area contributed by atoms with Crippen LogP contribution in [0.15, 0.2) is 65.1 Å². The molecular formula is C18H14N2O2. The molecule has 1 amide bonds. The highest BCUT2D eigenvalue weighted by atomic mass is 16.3. The molecule has 22 heavy (non-hydrogen) atoms. The fourth-order valence-corrected chi connectivity index (χ4v) is 2.59. The zero-order chi connectivity index (χ0) is 14.9. The van der Waals surface area contributed by atoms with E-state index in [0.717, 1.165) is 27.6 Å². The lowest BCUT2D eigenvalue weighted by molar-refractivity contribution is 0.0925. The van der Waals surface area contributed by atoms with E-state index in [1.807, 2.05) is 54.6 Å². The summed E-state index contributed by atoms with van der Waals surface area (Å²) in [6, 6.07) is 19.4. The van der Waals surface area contributed by atoms with Crippen molar-refractivity contribution in [1.29, 1.82) is 0 Å². The highest BCUT2D eigenvalue weighted by Crippen LogP contribution is 2.19. The van der Waals surface area contributed by atoms with Crippen LogP contribution >= 0.6 is 0 Å². The predicted octanol–water partition coefficient (Wildman–Crippen LogP) is 3.84. The first-order valence-corrected chi connectivity index (χ1v) is 7.13. The van der Waals surface area contributed by atoms with E-state index < -0.39 is 0 Å². The molecule has 2 aromatic carbocycles. The molecule has 0 fully saturated rings. The maximum Gasteiger partial charge on any atom is 0.287 e. The first kappa shape index (κ1) is 12.7. The maximum absolute atomic E-state index is 12.2. The molecular weight excluding hydrogens is 276 g/mol. The Labute approximate surface area is 126 Å². The van der Waals surface area contributed by atoms with Crippen LogP contribution in [0.3, 0.4) is 0 Å². The number of nitrogens with one attached hydrogen (secondary N) is 2. The predicted molar refractivity (Wildman–Crippen MR) is 85.7 cm³/mol. The standard InChI is InChI=1S/C18H14N2O2/c21-18(17-10-13-6-2-4-8-16(13)22-17)19-11-14-9-12-5-1-3-7-15(12)20-14/h1-10,20H,11H2,(H,19,21). The van der Waals surface area contributed by atoms with Crippen LogP contribution < -0.4 is 5.32 Å². The number of aromatic amines is 1.